The second-order valence-electron chi connectivity index (χ2n) is 6.81. The summed E-state index contributed by atoms with van der Waals surface area (Å²) in [6, 6.07) is 7.14. The fourth-order valence-electron chi connectivity index (χ4n) is 3.83. The first-order valence-corrected chi connectivity index (χ1v) is 11.9. The second kappa shape index (κ2) is 8.37. The molecule has 1 aliphatic rings. The first kappa shape index (κ1) is 22.8. The summed E-state index contributed by atoms with van der Waals surface area (Å²) in [6.07, 6.45) is 3.24. The number of aromatic nitrogens is 2. The zero-order valence-corrected chi connectivity index (χ0v) is 21.4. The maximum absolute atomic E-state index is 6.73. The van der Waals surface area contributed by atoms with Crippen LogP contribution in [0.25, 0.3) is 44.8 Å². The summed E-state index contributed by atoms with van der Waals surface area (Å²) in [4.78, 5) is 9.17. The Bertz CT molecular complexity index is 1250. The molecule has 2 nitrogen and oxygen atoms in total. The molecular formula is C22H6Cl8N2. The van der Waals surface area contributed by atoms with Crippen LogP contribution in [-0.4, -0.2) is 9.97 Å². The molecular weight excluding hydrogens is 576 g/mol. The van der Waals surface area contributed by atoms with Crippen LogP contribution in [0.5, 0.6) is 0 Å². The van der Waals surface area contributed by atoms with E-state index >= 15 is 0 Å². The van der Waals surface area contributed by atoms with E-state index in [-0.39, 0.29) is 40.2 Å². The van der Waals surface area contributed by atoms with Gasteiger partial charge in [-0.25, -0.2) is 0 Å². The lowest BCUT2D eigenvalue weighted by atomic mass is 9.84. The molecule has 0 N–H and O–H groups in total. The second-order valence-corrected chi connectivity index (χ2v) is 9.83. The number of hydrogen-bond acceptors (Lipinski definition) is 2. The molecule has 1 aliphatic carbocycles. The Balaban J connectivity index is 2.14. The van der Waals surface area contributed by atoms with Gasteiger partial charge in [0.05, 0.1) is 51.6 Å². The summed E-state index contributed by atoms with van der Waals surface area (Å²) in [5.74, 6) is 0. The Labute approximate surface area is 222 Å². The highest BCUT2D eigenvalue weighted by molar-refractivity contribution is 6.56. The number of rotatable bonds is 0. The monoisotopic (exact) mass is 578 g/mol. The van der Waals surface area contributed by atoms with E-state index in [4.69, 9.17) is 92.8 Å². The van der Waals surface area contributed by atoms with E-state index in [9.17, 15) is 0 Å². The summed E-state index contributed by atoms with van der Waals surface area (Å²) in [5, 5.41) is 1.23. The van der Waals surface area contributed by atoms with Crippen LogP contribution in [0.2, 0.25) is 40.2 Å². The van der Waals surface area contributed by atoms with Crippen LogP contribution < -0.4 is 0 Å². The Morgan fingerprint density at radius 3 is 1.06 bits per heavy atom. The van der Waals surface area contributed by atoms with Gasteiger partial charge in [0.25, 0.3) is 0 Å². The van der Waals surface area contributed by atoms with Crippen molar-refractivity contribution in [3.8, 4) is 44.8 Å². The lowest BCUT2D eigenvalue weighted by Gasteiger charge is -2.26. The predicted octanol–water partition coefficient (Wildman–Crippen LogP) is 10.7. The molecule has 0 amide bonds. The van der Waals surface area contributed by atoms with Crippen LogP contribution in [0.3, 0.4) is 0 Å². The maximum atomic E-state index is 6.73. The minimum atomic E-state index is 0.109. The lowest BCUT2D eigenvalue weighted by Crippen LogP contribution is -2.03. The van der Waals surface area contributed by atoms with Crippen LogP contribution >= 0.6 is 92.8 Å². The smallest absolute Gasteiger partial charge is 0.0803 e. The normalized spacial score (nSPS) is 11.8. The fraction of sp³-hybridized carbons (Fsp3) is 0. The van der Waals surface area contributed by atoms with Gasteiger partial charge >= 0.3 is 0 Å². The van der Waals surface area contributed by atoms with Crippen molar-refractivity contribution >= 4 is 92.8 Å². The highest BCUT2D eigenvalue weighted by Gasteiger charge is 2.33. The van der Waals surface area contributed by atoms with Crippen molar-refractivity contribution in [3.05, 3.63) is 76.8 Å². The Morgan fingerprint density at radius 2 is 0.719 bits per heavy atom. The third-order valence-electron chi connectivity index (χ3n) is 5.16. The maximum Gasteiger partial charge on any atom is 0.0803 e. The van der Waals surface area contributed by atoms with Crippen LogP contribution in [-0.2, 0) is 0 Å². The Kier molecular flexibility index (Phi) is 5.97. The molecule has 0 radical (unpaired) electrons. The summed E-state index contributed by atoms with van der Waals surface area (Å²) < 4.78 is 0. The average molecular weight is 582 g/mol. The van der Waals surface area contributed by atoms with Gasteiger partial charge in [-0.2, -0.15) is 0 Å². The largest absolute Gasteiger partial charge is 0.256 e. The van der Waals surface area contributed by atoms with Crippen LogP contribution in [0.1, 0.15) is 0 Å². The van der Waals surface area contributed by atoms with E-state index in [2.05, 4.69) is 9.97 Å². The molecule has 0 saturated heterocycles. The van der Waals surface area contributed by atoms with Gasteiger partial charge in [-0.3, -0.25) is 9.97 Å². The first-order chi connectivity index (χ1) is 15.3. The molecule has 0 atom stereocenters. The van der Waals surface area contributed by atoms with Crippen molar-refractivity contribution in [1.82, 2.24) is 9.97 Å². The fourth-order valence-corrected chi connectivity index (χ4v) is 5.91. The summed E-state index contributed by atoms with van der Waals surface area (Å²) in [5.41, 5.74) is 4.14. The van der Waals surface area contributed by atoms with Gasteiger partial charge < -0.3 is 0 Å². The first-order valence-electron chi connectivity index (χ1n) is 8.89. The van der Waals surface area contributed by atoms with Gasteiger partial charge in [0.15, 0.2) is 0 Å². The zero-order chi connectivity index (χ0) is 22.9. The van der Waals surface area contributed by atoms with Crippen molar-refractivity contribution in [2.75, 3.05) is 0 Å². The number of benzene rings is 2. The standard InChI is InChI=1S/C22H6Cl8N2/c23-13-9-7-3-1-5-31-21(7)12-10(14(24)18(28)20(30)16(12)26)8-4-2-6-32-22(8)11(9)15(25)19(29)17(13)27/h1-6H. The van der Waals surface area contributed by atoms with Crippen molar-refractivity contribution in [1.29, 1.82) is 0 Å². The molecule has 0 fully saturated rings. The third kappa shape index (κ3) is 3.16. The van der Waals surface area contributed by atoms with Crippen molar-refractivity contribution < 1.29 is 0 Å². The molecule has 2 aromatic carbocycles. The molecule has 0 bridgehead atoms. The van der Waals surface area contributed by atoms with Crippen LogP contribution in [0.15, 0.2) is 36.7 Å². The number of nitrogens with zero attached hydrogens (tertiary/aromatic N) is 2. The van der Waals surface area contributed by atoms with Gasteiger partial charge in [0.1, 0.15) is 0 Å². The van der Waals surface area contributed by atoms with Crippen LogP contribution in [0, 0.1) is 0 Å². The predicted molar refractivity (Wildman–Crippen MR) is 137 cm³/mol. The van der Waals surface area contributed by atoms with E-state index in [1.165, 1.54) is 0 Å². The highest BCUT2D eigenvalue weighted by Crippen LogP contribution is 2.58. The SMILES string of the molecule is Clc1c(Cl)c(Cl)c2c(c1Cl)-c1cccnc1-c1c(Cl)c(Cl)c(Cl)c(Cl)c1-c1cccnc1-2. The topological polar surface area (TPSA) is 25.8 Å². The molecule has 0 unspecified atom stereocenters. The minimum Gasteiger partial charge on any atom is -0.256 e. The summed E-state index contributed by atoms with van der Waals surface area (Å²) in [7, 11) is 0. The lowest BCUT2D eigenvalue weighted by molar-refractivity contribution is 1.29. The van der Waals surface area contributed by atoms with Gasteiger partial charge in [-0.05, 0) is 12.1 Å². The highest BCUT2D eigenvalue weighted by atomic mass is 35.5. The zero-order valence-electron chi connectivity index (χ0n) is 15.4. The molecule has 2 heterocycles. The molecule has 0 saturated carbocycles. The molecule has 4 aromatic rings. The van der Waals surface area contributed by atoms with Gasteiger partial charge in [-0.1, -0.05) is 105 Å². The summed E-state index contributed by atoms with van der Waals surface area (Å²) >= 11 is 52.6. The molecule has 5 rings (SSSR count). The average Bonchev–Trinajstić information content (AvgIpc) is 2.80. The number of halogens is 8. The molecule has 2 aromatic heterocycles. The van der Waals surface area contributed by atoms with E-state index in [1.807, 2.05) is 12.1 Å². The van der Waals surface area contributed by atoms with E-state index in [1.54, 1.807) is 24.5 Å². The van der Waals surface area contributed by atoms with Gasteiger partial charge in [-0.15, -0.1) is 0 Å². The van der Waals surface area contributed by atoms with E-state index < -0.39 is 0 Å². The van der Waals surface area contributed by atoms with Crippen molar-refractivity contribution in [2.24, 2.45) is 0 Å². The Morgan fingerprint density at radius 1 is 0.406 bits per heavy atom. The van der Waals surface area contributed by atoms with E-state index in [0.29, 0.717) is 44.8 Å². The number of fused-ring (bicyclic) bond motifs is 8. The minimum absolute atomic E-state index is 0.109. The van der Waals surface area contributed by atoms with Gasteiger partial charge in [0, 0.05) is 45.8 Å². The quantitative estimate of drug-likeness (QED) is 0.134. The van der Waals surface area contributed by atoms with Crippen LogP contribution in [0.4, 0.5) is 0 Å². The molecule has 0 spiro atoms. The van der Waals surface area contributed by atoms with Gasteiger partial charge in [0.2, 0.25) is 0 Å². The number of hydrogen-bond donors (Lipinski definition) is 0. The van der Waals surface area contributed by atoms with Crippen molar-refractivity contribution in [3.63, 3.8) is 0 Å². The molecule has 32 heavy (non-hydrogen) atoms. The van der Waals surface area contributed by atoms with E-state index in [0.717, 1.165) is 0 Å². The van der Waals surface area contributed by atoms with Crippen molar-refractivity contribution in [2.45, 2.75) is 0 Å². The molecule has 0 aliphatic heterocycles. The summed E-state index contributed by atoms with van der Waals surface area (Å²) in [6.45, 7) is 0. The third-order valence-corrected chi connectivity index (χ3v) is 8.77. The Hall–Kier alpha value is -0.940. The molecule has 10 heteroatoms. The number of pyridine rings is 2. The molecule has 160 valence electrons.